The molecule has 7 heteroatoms. The first-order valence-corrected chi connectivity index (χ1v) is 9.72. The third-order valence-electron chi connectivity index (χ3n) is 4.39. The lowest BCUT2D eigenvalue weighted by atomic mass is 10.1. The molecule has 2 aromatic carbocycles. The molecule has 0 heterocycles. The SMILES string of the molecule is COC(=O)c1ccc(S(=O)(=O)N(Cc2ccc(F)cc2)C2CC2)c(C)c1. The fraction of sp³-hybridized carbons (Fsp3) is 0.316. The Morgan fingerprint density at radius 3 is 2.38 bits per heavy atom. The van der Waals surface area contributed by atoms with Crippen molar-refractivity contribution in [1.82, 2.24) is 4.31 Å². The molecule has 1 fully saturated rings. The molecule has 0 bridgehead atoms. The van der Waals surface area contributed by atoms with Crippen LogP contribution >= 0.6 is 0 Å². The molecule has 1 saturated carbocycles. The third-order valence-corrected chi connectivity index (χ3v) is 6.45. The molecule has 0 radical (unpaired) electrons. The summed E-state index contributed by atoms with van der Waals surface area (Å²) in [6, 6.07) is 10.2. The summed E-state index contributed by atoms with van der Waals surface area (Å²) < 4.78 is 45.6. The number of halogens is 1. The van der Waals surface area contributed by atoms with Crippen LogP contribution in [0.4, 0.5) is 4.39 Å². The lowest BCUT2D eigenvalue weighted by Crippen LogP contribution is -2.33. The molecule has 0 spiro atoms. The maximum absolute atomic E-state index is 13.2. The molecule has 0 saturated heterocycles. The summed E-state index contributed by atoms with van der Waals surface area (Å²) in [6.07, 6.45) is 1.61. The predicted molar refractivity (Wildman–Crippen MR) is 94.7 cm³/mol. The molecule has 138 valence electrons. The monoisotopic (exact) mass is 377 g/mol. The van der Waals surface area contributed by atoms with Crippen molar-refractivity contribution in [3.8, 4) is 0 Å². The second-order valence-electron chi connectivity index (χ2n) is 6.38. The van der Waals surface area contributed by atoms with Crippen LogP contribution in [0, 0.1) is 12.7 Å². The average Bonchev–Trinajstić information content (AvgIpc) is 3.44. The molecule has 26 heavy (non-hydrogen) atoms. The van der Waals surface area contributed by atoms with E-state index in [0.29, 0.717) is 11.1 Å². The average molecular weight is 377 g/mol. The Balaban J connectivity index is 1.93. The summed E-state index contributed by atoms with van der Waals surface area (Å²) >= 11 is 0. The lowest BCUT2D eigenvalue weighted by Gasteiger charge is -2.23. The van der Waals surface area contributed by atoms with Crippen molar-refractivity contribution in [2.45, 2.75) is 37.2 Å². The Labute approximate surface area is 152 Å². The van der Waals surface area contributed by atoms with Crippen LogP contribution < -0.4 is 0 Å². The van der Waals surface area contributed by atoms with Crippen molar-refractivity contribution in [1.29, 1.82) is 0 Å². The maximum atomic E-state index is 13.2. The molecule has 0 aromatic heterocycles. The molecule has 1 aliphatic carbocycles. The number of esters is 1. The minimum atomic E-state index is -3.74. The molecule has 0 unspecified atom stereocenters. The highest BCUT2D eigenvalue weighted by Gasteiger charge is 2.38. The topological polar surface area (TPSA) is 63.7 Å². The number of methoxy groups -OCH3 is 1. The summed E-state index contributed by atoms with van der Waals surface area (Å²) in [6.45, 7) is 1.84. The molecule has 2 aromatic rings. The highest BCUT2D eigenvalue weighted by atomic mass is 32.2. The quantitative estimate of drug-likeness (QED) is 0.725. The minimum absolute atomic E-state index is 0.0512. The normalized spacial score (nSPS) is 14.5. The first-order valence-electron chi connectivity index (χ1n) is 8.28. The van der Waals surface area contributed by atoms with Crippen molar-refractivity contribution < 1.29 is 22.3 Å². The van der Waals surface area contributed by atoms with Gasteiger partial charge in [-0.3, -0.25) is 0 Å². The Hall–Kier alpha value is -2.25. The molecule has 5 nitrogen and oxygen atoms in total. The van der Waals surface area contributed by atoms with Gasteiger partial charge in [0.2, 0.25) is 10.0 Å². The number of benzene rings is 2. The van der Waals surface area contributed by atoms with E-state index in [0.717, 1.165) is 18.4 Å². The standard InChI is InChI=1S/C19H20FNO4S/c1-13-11-15(19(22)25-2)5-10-18(13)26(23,24)21(17-8-9-17)12-14-3-6-16(20)7-4-14/h3-7,10-11,17H,8-9,12H2,1-2H3. The molecule has 0 N–H and O–H groups in total. The summed E-state index contributed by atoms with van der Waals surface area (Å²) in [4.78, 5) is 11.8. The zero-order valence-corrected chi connectivity index (χ0v) is 15.4. The summed E-state index contributed by atoms with van der Waals surface area (Å²) in [7, 11) is -2.46. The van der Waals surface area contributed by atoms with Gasteiger partial charge in [0, 0.05) is 12.6 Å². The number of carbonyl (C=O) groups is 1. The van der Waals surface area contributed by atoms with Gasteiger partial charge in [0.15, 0.2) is 0 Å². The Morgan fingerprint density at radius 1 is 1.19 bits per heavy atom. The van der Waals surface area contributed by atoms with E-state index < -0.39 is 16.0 Å². The van der Waals surface area contributed by atoms with Gasteiger partial charge in [-0.25, -0.2) is 17.6 Å². The number of carbonyl (C=O) groups excluding carboxylic acids is 1. The van der Waals surface area contributed by atoms with E-state index in [2.05, 4.69) is 4.74 Å². The minimum Gasteiger partial charge on any atom is -0.465 e. The van der Waals surface area contributed by atoms with Crippen LogP contribution in [0.2, 0.25) is 0 Å². The molecule has 1 aliphatic rings. The molecular formula is C19H20FNO4S. The fourth-order valence-corrected chi connectivity index (χ4v) is 4.73. The Morgan fingerprint density at radius 2 is 1.85 bits per heavy atom. The van der Waals surface area contributed by atoms with Crippen molar-refractivity contribution >= 4 is 16.0 Å². The van der Waals surface area contributed by atoms with E-state index in [1.54, 1.807) is 19.1 Å². The molecule has 3 rings (SSSR count). The zero-order valence-electron chi connectivity index (χ0n) is 14.6. The Kier molecular flexibility index (Phi) is 5.11. The van der Waals surface area contributed by atoms with E-state index in [1.807, 2.05) is 0 Å². The van der Waals surface area contributed by atoms with Crippen LogP contribution in [0.25, 0.3) is 0 Å². The summed E-state index contributed by atoms with van der Waals surface area (Å²) in [5.41, 5.74) is 1.52. The van der Waals surface area contributed by atoms with Crippen molar-refractivity contribution in [3.63, 3.8) is 0 Å². The number of hydrogen-bond acceptors (Lipinski definition) is 4. The van der Waals surface area contributed by atoms with Gasteiger partial charge in [-0.2, -0.15) is 4.31 Å². The number of aryl methyl sites for hydroxylation is 1. The second kappa shape index (κ2) is 7.17. The number of hydrogen-bond donors (Lipinski definition) is 0. The number of sulfonamides is 1. The van der Waals surface area contributed by atoms with Crippen molar-refractivity contribution in [3.05, 3.63) is 65.0 Å². The van der Waals surface area contributed by atoms with Crippen LogP contribution in [0.5, 0.6) is 0 Å². The van der Waals surface area contributed by atoms with Gasteiger partial charge in [0.1, 0.15) is 5.82 Å². The van der Waals surface area contributed by atoms with Gasteiger partial charge < -0.3 is 4.74 Å². The molecule has 0 aliphatic heterocycles. The smallest absolute Gasteiger partial charge is 0.337 e. The van der Waals surface area contributed by atoms with Gasteiger partial charge in [0.25, 0.3) is 0 Å². The van der Waals surface area contributed by atoms with Crippen LogP contribution in [0.15, 0.2) is 47.4 Å². The highest BCUT2D eigenvalue weighted by molar-refractivity contribution is 7.89. The van der Waals surface area contributed by atoms with Gasteiger partial charge in [0.05, 0.1) is 17.6 Å². The van der Waals surface area contributed by atoms with E-state index in [9.17, 15) is 17.6 Å². The molecule has 0 amide bonds. The number of nitrogens with zero attached hydrogens (tertiary/aromatic N) is 1. The molecular weight excluding hydrogens is 357 g/mol. The van der Waals surface area contributed by atoms with E-state index >= 15 is 0 Å². The van der Waals surface area contributed by atoms with E-state index in [1.165, 1.54) is 41.7 Å². The zero-order chi connectivity index (χ0) is 18.9. The molecule has 0 atom stereocenters. The number of ether oxygens (including phenoxy) is 1. The van der Waals surface area contributed by atoms with Crippen LogP contribution in [-0.2, 0) is 21.3 Å². The highest BCUT2D eigenvalue weighted by Crippen LogP contribution is 2.34. The summed E-state index contributed by atoms with van der Waals surface area (Å²) in [5.74, 6) is -0.869. The number of rotatable bonds is 6. The van der Waals surface area contributed by atoms with Crippen LogP contribution in [0.1, 0.15) is 34.3 Å². The lowest BCUT2D eigenvalue weighted by molar-refractivity contribution is 0.0600. The van der Waals surface area contributed by atoms with Gasteiger partial charge in [-0.15, -0.1) is 0 Å². The van der Waals surface area contributed by atoms with Crippen LogP contribution in [0.3, 0.4) is 0 Å². The van der Waals surface area contributed by atoms with Crippen molar-refractivity contribution in [2.24, 2.45) is 0 Å². The Bertz CT molecular complexity index is 921. The van der Waals surface area contributed by atoms with Gasteiger partial charge in [-0.05, 0) is 61.2 Å². The van der Waals surface area contributed by atoms with Gasteiger partial charge in [-0.1, -0.05) is 12.1 Å². The van der Waals surface area contributed by atoms with Crippen LogP contribution in [-0.4, -0.2) is 31.8 Å². The fourth-order valence-electron chi connectivity index (χ4n) is 2.85. The third kappa shape index (κ3) is 3.78. The predicted octanol–water partition coefficient (Wildman–Crippen LogP) is 3.27. The maximum Gasteiger partial charge on any atom is 0.337 e. The first kappa shape index (κ1) is 18.5. The first-order chi connectivity index (χ1) is 12.3. The second-order valence-corrected chi connectivity index (χ2v) is 8.24. The van der Waals surface area contributed by atoms with E-state index in [4.69, 9.17) is 0 Å². The van der Waals surface area contributed by atoms with Gasteiger partial charge >= 0.3 is 5.97 Å². The summed E-state index contributed by atoms with van der Waals surface area (Å²) in [5, 5.41) is 0. The van der Waals surface area contributed by atoms with E-state index in [-0.39, 0.29) is 23.3 Å². The van der Waals surface area contributed by atoms with Crippen molar-refractivity contribution in [2.75, 3.05) is 7.11 Å². The largest absolute Gasteiger partial charge is 0.465 e.